The number of carbonyl (C=O) groups is 1. The van der Waals surface area contributed by atoms with Crippen molar-refractivity contribution in [1.82, 2.24) is 14.7 Å². The fraction of sp³-hybridized carbons (Fsp3) is 0.389. The first-order valence-electron chi connectivity index (χ1n) is 9.19. The van der Waals surface area contributed by atoms with Crippen LogP contribution in [0.5, 0.6) is 5.75 Å². The molecule has 0 spiro atoms. The second-order valence-electron chi connectivity index (χ2n) is 6.51. The molecule has 2 aromatic rings. The largest absolute Gasteiger partial charge is 0.496 e. The number of primary amides is 1. The predicted molar refractivity (Wildman–Crippen MR) is 109 cm³/mol. The molecule has 0 bridgehead atoms. The quantitative estimate of drug-likeness (QED) is 0.501. The molecule has 1 aliphatic rings. The van der Waals surface area contributed by atoms with Gasteiger partial charge >= 0.3 is 0 Å². The lowest BCUT2D eigenvalue weighted by Gasteiger charge is -2.16. The first-order valence-corrected chi connectivity index (χ1v) is 10.7. The van der Waals surface area contributed by atoms with Crippen LogP contribution in [0.15, 0.2) is 35.5 Å². The van der Waals surface area contributed by atoms with Crippen LogP contribution < -0.4 is 25.4 Å². The number of hydrogen-bond acceptors (Lipinski definition) is 8. The van der Waals surface area contributed by atoms with Gasteiger partial charge in [-0.1, -0.05) is 0 Å². The van der Waals surface area contributed by atoms with Crippen molar-refractivity contribution in [1.29, 1.82) is 0 Å². The van der Waals surface area contributed by atoms with E-state index in [4.69, 9.17) is 10.5 Å². The number of nitrogens with zero attached hydrogens (tertiary/aromatic N) is 3. The lowest BCUT2D eigenvalue weighted by molar-refractivity contribution is 0.0997. The van der Waals surface area contributed by atoms with Gasteiger partial charge in [0.2, 0.25) is 10.0 Å². The average Bonchev–Trinajstić information content (AvgIpc) is 3.26. The van der Waals surface area contributed by atoms with Gasteiger partial charge < -0.3 is 20.7 Å². The highest BCUT2D eigenvalue weighted by molar-refractivity contribution is 7.89. The number of rotatable bonds is 9. The van der Waals surface area contributed by atoms with E-state index in [1.807, 2.05) is 6.07 Å². The highest BCUT2D eigenvalue weighted by Gasteiger charge is 2.18. The number of amides is 1. The van der Waals surface area contributed by atoms with Crippen LogP contribution in [0.25, 0.3) is 0 Å². The third-order valence-corrected chi connectivity index (χ3v) is 6.01. The lowest BCUT2D eigenvalue weighted by Crippen LogP contribution is -2.29. The van der Waals surface area contributed by atoms with Crippen molar-refractivity contribution in [3.8, 4) is 5.75 Å². The van der Waals surface area contributed by atoms with E-state index in [0.29, 0.717) is 12.4 Å². The maximum absolute atomic E-state index is 12.5. The summed E-state index contributed by atoms with van der Waals surface area (Å²) in [7, 11) is -2.43. The number of ether oxygens (including phenoxy) is 1. The van der Waals surface area contributed by atoms with Gasteiger partial charge in [0.25, 0.3) is 5.91 Å². The normalized spacial score (nSPS) is 14.0. The summed E-state index contributed by atoms with van der Waals surface area (Å²) in [5.74, 6) is 0.938. The van der Waals surface area contributed by atoms with E-state index in [1.165, 1.54) is 31.6 Å². The molecule has 2 heterocycles. The van der Waals surface area contributed by atoms with E-state index in [9.17, 15) is 13.2 Å². The summed E-state index contributed by atoms with van der Waals surface area (Å²) in [4.78, 5) is 22.1. The molecule has 3 rings (SSSR count). The van der Waals surface area contributed by atoms with Gasteiger partial charge in [-0.05, 0) is 31.0 Å². The second kappa shape index (κ2) is 9.05. The smallest absolute Gasteiger partial charge is 0.252 e. The van der Waals surface area contributed by atoms with Crippen LogP contribution in [0, 0.1) is 0 Å². The molecule has 4 N–H and O–H groups in total. The van der Waals surface area contributed by atoms with Crippen LogP contribution in [0.4, 0.5) is 11.6 Å². The van der Waals surface area contributed by atoms with Crippen LogP contribution in [-0.4, -0.2) is 57.6 Å². The minimum Gasteiger partial charge on any atom is -0.496 e. The van der Waals surface area contributed by atoms with Crippen molar-refractivity contribution in [3.63, 3.8) is 0 Å². The van der Waals surface area contributed by atoms with Gasteiger partial charge in [-0.15, -0.1) is 0 Å². The molecule has 1 saturated heterocycles. The Kier molecular flexibility index (Phi) is 6.49. The van der Waals surface area contributed by atoms with E-state index >= 15 is 0 Å². The molecule has 0 aliphatic carbocycles. The van der Waals surface area contributed by atoms with Gasteiger partial charge in [0.1, 0.15) is 23.7 Å². The predicted octanol–water partition coefficient (Wildman–Crippen LogP) is 0.575. The summed E-state index contributed by atoms with van der Waals surface area (Å²) in [6.07, 6.45) is 3.79. The molecule has 1 aliphatic heterocycles. The van der Waals surface area contributed by atoms with Gasteiger partial charge in [-0.25, -0.2) is 23.1 Å². The molecule has 0 unspecified atom stereocenters. The number of nitrogens with one attached hydrogen (secondary N) is 2. The Labute approximate surface area is 169 Å². The molecule has 0 radical (unpaired) electrons. The average molecular weight is 420 g/mol. The molecule has 11 heteroatoms. The third kappa shape index (κ3) is 5.12. The Hall–Kier alpha value is -2.92. The summed E-state index contributed by atoms with van der Waals surface area (Å²) in [5.41, 5.74) is 5.29. The van der Waals surface area contributed by atoms with Crippen LogP contribution in [0.1, 0.15) is 23.2 Å². The van der Waals surface area contributed by atoms with Crippen molar-refractivity contribution in [3.05, 3.63) is 36.2 Å². The molecule has 1 fully saturated rings. The number of aromatic nitrogens is 2. The van der Waals surface area contributed by atoms with Gasteiger partial charge in [0, 0.05) is 32.2 Å². The number of benzene rings is 1. The first-order chi connectivity index (χ1) is 13.9. The van der Waals surface area contributed by atoms with E-state index in [2.05, 4.69) is 24.9 Å². The molecule has 1 aromatic heterocycles. The monoisotopic (exact) mass is 420 g/mol. The van der Waals surface area contributed by atoms with Crippen LogP contribution in [0.3, 0.4) is 0 Å². The lowest BCUT2D eigenvalue weighted by atomic mass is 10.2. The fourth-order valence-electron chi connectivity index (χ4n) is 3.07. The molecule has 1 aromatic carbocycles. The summed E-state index contributed by atoms with van der Waals surface area (Å²) < 4.78 is 32.5. The zero-order chi connectivity index (χ0) is 20.9. The SMILES string of the molecule is COc1ccc(S(=O)(=O)NCCNc2cc(N3CCCC3)ncn2)cc1C(N)=O. The first kappa shape index (κ1) is 20.8. The van der Waals surface area contributed by atoms with E-state index in [-0.39, 0.29) is 22.8 Å². The molecular weight excluding hydrogens is 396 g/mol. The maximum Gasteiger partial charge on any atom is 0.252 e. The maximum atomic E-state index is 12.5. The number of nitrogens with two attached hydrogens (primary N) is 1. The summed E-state index contributed by atoms with van der Waals surface area (Å²) >= 11 is 0. The van der Waals surface area contributed by atoms with E-state index < -0.39 is 15.9 Å². The number of sulfonamides is 1. The van der Waals surface area contributed by atoms with E-state index in [0.717, 1.165) is 31.7 Å². The molecular formula is C18H24N6O4S. The molecule has 10 nitrogen and oxygen atoms in total. The van der Waals surface area contributed by atoms with Crippen molar-refractivity contribution in [2.24, 2.45) is 5.73 Å². The van der Waals surface area contributed by atoms with Gasteiger partial charge in [-0.3, -0.25) is 4.79 Å². The Bertz CT molecular complexity index is 976. The molecule has 0 saturated carbocycles. The number of hydrogen-bond donors (Lipinski definition) is 3. The minimum absolute atomic E-state index is 0.00364. The summed E-state index contributed by atoms with van der Waals surface area (Å²) in [6, 6.07) is 5.80. The fourth-order valence-corrected chi connectivity index (χ4v) is 4.13. The standard InChI is InChI=1S/C18H24N6O4S/c1-28-15-5-4-13(10-14(15)18(19)25)29(26,27)23-7-6-20-16-11-17(22-12-21-16)24-8-2-3-9-24/h4-5,10-12,23H,2-3,6-9H2,1H3,(H2,19,25)(H,20,21,22). The highest BCUT2D eigenvalue weighted by Crippen LogP contribution is 2.22. The molecule has 1 amide bonds. The van der Waals surface area contributed by atoms with Gasteiger partial charge in [0.15, 0.2) is 0 Å². The molecule has 0 atom stereocenters. The zero-order valence-electron chi connectivity index (χ0n) is 16.1. The van der Waals surface area contributed by atoms with Crippen LogP contribution in [0.2, 0.25) is 0 Å². The number of anilines is 2. The Balaban J connectivity index is 1.58. The van der Waals surface area contributed by atoms with Crippen molar-refractivity contribution in [2.75, 3.05) is 43.5 Å². The van der Waals surface area contributed by atoms with E-state index in [1.54, 1.807) is 0 Å². The van der Waals surface area contributed by atoms with Gasteiger partial charge in [-0.2, -0.15) is 0 Å². The molecule has 29 heavy (non-hydrogen) atoms. The highest BCUT2D eigenvalue weighted by atomic mass is 32.2. The van der Waals surface area contributed by atoms with Crippen molar-refractivity contribution >= 4 is 27.6 Å². The molecule has 156 valence electrons. The third-order valence-electron chi connectivity index (χ3n) is 4.55. The minimum atomic E-state index is -3.81. The summed E-state index contributed by atoms with van der Waals surface area (Å²) in [5, 5.41) is 3.08. The summed E-state index contributed by atoms with van der Waals surface area (Å²) in [6.45, 7) is 2.41. The van der Waals surface area contributed by atoms with Crippen molar-refractivity contribution < 1.29 is 17.9 Å². The zero-order valence-corrected chi connectivity index (χ0v) is 16.9. The van der Waals surface area contributed by atoms with Crippen LogP contribution in [-0.2, 0) is 10.0 Å². The number of methoxy groups -OCH3 is 1. The second-order valence-corrected chi connectivity index (χ2v) is 8.27. The topological polar surface area (TPSA) is 140 Å². The Morgan fingerprint density at radius 3 is 2.66 bits per heavy atom. The van der Waals surface area contributed by atoms with Crippen molar-refractivity contribution in [2.45, 2.75) is 17.7 Å². The Morgan fingerprint density at radius 1 is 1.21 bits per heavy atom. The number of carbonyl (C=O) groups excluding carboxylic acids is 1. The van der Waals surface area contributed by atoms with Crippen LogP contribution >= 0.6 is 0 Å². The van der Waals surface area contributed by atoms with Gasteiger partial charge in [0.05, 0.1) is 17.6 Å². The Morgan fingerprint density at radius 2 is 1.97 bits per heavy atom.